The van der Waals surface area contributed by atoms with Gasteiger partial charge in [0.05, 0.1) is 18.8 Å². The van der Waals surface area contributed by atoms with Crippen LogP contribution in [0.4, 0.5) is 4.39 Å². The van der Waals surface area contributed by atoms with Crippen LogP contribution in [0.25, 0.3) is 22.4 Å². The minimum atomic E-state index is -0.324. The van der Waals surface area contributed by atoms with Crippen LogP contribution in [-0.4, -0.2) is 28.8 Å². The SMILES string of the molecule is COc1ccc(-c2nnc3sc(=Cc4ccc(F)cc4)c(=O)n23)cc1OC. The smallest absolute Gasteiger partial charge is 0.276 e. The molecule has 0 N–H and O–H groups in total. The van der Waals surface area contributed by atoms with Crippen molar-refractivity contribution < 1.29 is 13.9 Å². The number of hydrogen-bond donors (Lipinski definition) is 0. The predicted octanol–water partition coefficient (Wildman–Crippen LogP) is 2.52. The number of nitrogens with zero attached hydrogens (tertiary/aromatic N) is 3. The normalized spacial score (nSPS) is 11.9. The largest absolute Gasteiger partial charge is 0.493 e. The topological polar surface area (TPSA) is 65.7 Å². The van der Waals surface area contributed by atoms with E-state index in [0.717, 1.165) is 5.56 Å². The Morgan fingerprint density at radius 1 is 1.04 bits per heavy atom. The van der Waals surface area contributed by atoms with E-state index in [1.807, 2.05) is 0 Å². The number of halogens is 1. The maximum absolute atomic E-state index is 13.1. The van der Waals surface area contributed by atoms with E-state index in [0.29, 0.717) is 32.4 Å². The lowest BCUT2D eigenvalue weighted by atomic mass is 10.2. The summed E-state index contributed by atoms with van der Waals surface area (Å²) in [5.41, 5.74) is 1.19. The second kappa shape index (κ2) is 6.81. The number of fused-ring (bicyclic) bond motifs is 1. The van der Waals surface area contributed by atoms with Gasteiger partial charge >= 0.3 is 0 Å². The van der Waals surface area contributed by atoms with Crippen LogP contribution in [0.1, 0.15) is 5.56 Å². The quantitative estimate of drug-likeness (QED) is 0.542. The van der Waals surface area contributed by atoms with Gasteiger partial charge < -0.3 is 9.47 Å². The molecular weight excluding hydrogens is 369 g/mol. The molecule has 0 bridgehead atoms. The van der Waals surface area contributed by atoms with Crippen molar-refractivity contribution in [2.45, 2.75) is 0 Å². The molecule has 0 amide bonds. The fourth-order valence-corrected chi connectivity index (χ4v) is 3.65. The first-order chi connectivity index (χ1) is 13.1. The van der Waals surface area contributed by atoms with E-state index >= 15 is 0 Å². The van der Waals surface area contributed by atoms with Gasteiger partial charge in [0.25, 0.3) is 5.56 Å². The van der Waals surface area contributed by atoms with Gasteiger partial charge in [-0.05, 0) is 42.0 Å². The molecule has 0 fully saturated rings. The summed E-state index contributed by atoms with van der Waals surface area (Å²) in [5, 5.41) is 8.25. The number of methoxy groups -OCH3 is 2. The molecule has 2 heterocycles. The number of ether oxygens (including phenoxy) is 2. The van der Waals surface area contributed by atoms with Crippen molar-refractivity contribution in [3.63, 3.8) is 0 Å². The first kappa shape index (κ1) is 17.2. The summed E-state index contributed by atoms with van der Waals surface area (Å²) < 4.78 is 25.6. The Bertz CT molecular complexity index is 1230. The molecule has 0 aliphatic heterocycles. The van der Waals surface area contributed by atoms with E-state index in [-0.39, 0.29) is 11.4 Å². The van der Waals surface area contributed by atoms with Gasteiger partial charge in [-0.15, -0.1) is 10.2 Å². The van der Waals surface area contributed by atoms with Gasteiger partial charge in [-0.2, -0.15) is 0 Å². The molecule has 0 spiro atoms. The van der Waals surface area contributed by atoms with Crippen LogP contribution < -0.4 is 19.6 Å². The maximum Gasteiger partial charge on any atom is 0.276 e. The fourth-order valence-electron chi connectivity index (χ4n) is 2.74. The highest BCUT2D eigenvalue weighted by molar-refractivity contribution is 7.15. The molecule has 27 heavy (non-hydrogen) atoms. The summed E-state index contributed by atoms with van der Waals surface area (Å²) in [6.45, 7) is 0. The molecule has 0 aliphatic rings. The highest BCUT2D eigenvalue weighted by Gasteiger charge is 2.16. The van der Waals surface area contributed by atoms with Crippen LogP contribution >= 0.6 is 11.3 Å². The average molecular weight is 383 g/mol. The highest BCUT2D eigenvalue weighted by Crippen LogP contribution is 2.31. The van der Waals surface area contributed by atoms with Crippen LogP contribution in [0.15, 0.2) is 47.3 Å². The van der Waals surface area contributed by atoms with E-state index in [9.17, 15) is 9.18 Å². The summed E-state index contributed by atoms with van der Waals surface area (Å²) in [6, 6.07) is 11.2. The van der Waals surface area contributed by atoms with E-state index < -0.39 is 0 Å². The van der Waals surface area contributed by atoms with Crippen molar-refractivity contribution in [3.05, 3.63) is 68.7 Å². The standard InChI is InChI=1S/C19H14FN3O3S/c1-25-14-8-5-12(10-15(14)26-2)17-21-22-19-23(17)18(24)16(27-19)9-11-3-6-13(20)7-4-11/h3-10H,1-2H3. The Morgan fingerprint density at radius 2 is 1.78 bits per heavy atom. The molecule has 0 aliphatic carbocycles. The number of benzene rings is 2. The second-order valence-corrected chi connectivity index (χ2v) is 6.69. The molecule has 0 unspecified atom stereocenters. The van der Waals surface area contributed by atoms with Gasteiger partial charge in [0.15, 0.2) is 17.3 Å². The van der Waals surface area contributed by atoms with Gasteiger partial charge in [0.2, 0.25) is 4.96 Å². The van der Waals surface area contributed by atoms with Gasteiger partial charge in [-0.25, -0.2) is 8.79 Å². The van der Waals surface area contributed by atoms with Crippen LogP contribution in [0.5, 0.6) is 11.5 Å². The van der Waals surface area contributed by atoms with Crippen LogP contribution in [0, 0.1) is 5.82 Å². The molecule has 0 saturated carbocycles. The number of hydrogen-bond acceptors (Lipinski definition) is 6. The van der Waals surface area contributed by atoms with E-state index in [4.69, 9.17) is 9.47 Å². The summed E-state index contributed by atoms with van der Waals surface area (Å²) in [6.07, 6.45) is 1.71. The monoisotopic (exact) mass is 383 g/mol. The number of aromatic nitrogens is 3. The Labute approximate surface area is 157 Å². The molecule has 8 heteroatoms. The fraction of sp³-hybridized carbons (Fsp3) is 0.105. The number of rotatable bonds is 4. The summed E-state index contributed by atoms with van der Waals surface area (Å²) in [4.78, 5) is 13.3. The third kappa shape index (κ3) is 3.04. The highest BCUT2D eigenvalue weighted by atomic mass is 32.1. The second-order valence-electron chi connectivity index (χ2n) is 5.68. The van der Waals surface area contributed by atoms with Crippen molar-refractivity contribution in [2.75, 3.05) is 14.2 Å². The van der Waals surface area contributed by atoms with Crippen LogP contribution in [0.3, 0.4) is 0 Å². The molecule has 4 rings (SSSR count). The molecule has 0 radical (unpaired) electrons. The van der Waals surface area contributed by atoms with Crippen molar-refractivity contribution in [1.29, 1.82) is 0 Å². The molecule has 0 saturated heterocycles. The minimum Gasteiger partial charge on any atom is -0.493 e. The Hall–Kier alpha value is -3.26. The molecular formula is C19H14FN3O3S. The Balaban J connectivity index is 1.86. The van der Waals surface area contributed by atoms with Crippen molar-refractivity contribution >= 4 is 22.4 Å². The Kier molecular flexibility index (Phi) is 4.33. The van der Waals surface area contributed by atoms with Gasteiger partial charge in [0, 0.05) is 5.56 Å². The van der Waals surface area contributed by atoms with Gasteiger partial charge in [-0.3, -0.25) is 4.79 Å². The van der Waals surface area contributed by atoms with Gasteiger partial charge in [-0.1, -0.05) is 23.5 Å². The predicted molar refractivity (Wildman–Crippen MR) is 101 cm³/mol. The van der Waals surface area contributed by atoms with E-state index in [2.05, 4.69) is 10.2 Å². The first-order valence-corrected chi connectivity index (χ1v) is 8.80. The first-order valence-electron chi connectivity index (χ1n) is 7.98. The summed E-state index contributed by atoms with van der Waals surface area (Å²) in [5.74, 6) is 1.22. The lowest BCUT2D eigenvalue weighted by molar-refractivity contribution is 0.355. The van der Waals surface area contributed by atoms with Gasteiger partial charge in [0.1, 0.15) is 5.82 Å². The third-order valence-electron chi connectivity index (χ3n) is 4.06. The van der Waals surface area contributed by atoms with Crippen molar-refractivity contribution in [1.82, 2.24) is 14.6 Å². The maximum atomic E-state index is 13.1. The molecule has 2 aromatic carbocycles. The van der Waals surface area contributed by atoms with E-state index in [1.165, 1.54) is 27.9 Å². The number of thiazole rings is 1. The zero-order valence-corrected chi connectivity index (χ0v) is 15.3. The third-order valence-corrected chi connectivity index (χ3v) is 5.02. The lowest BCUT2D eigenvalue weighted by Crippen LogP contribution is -2.23. The molecule has 2 aromatic heterocycles. The van der Waals surface area contributed by atoms with Crippen molar-refractivity contribution in [3.8, 4) is 22.9 Å². The van der Waals surface area contributed by atoms with Crippen LogP contribution in [0.2, 0.25) is 0 Å². The van der Waals surface area contributed by atoms with Crippen LogP contribution in [-0.2, 0) is 0 Å². The van der Waals surface area contributed by atoms with E-state index in [1.54, 1.807) is 50.6 Å². The minimum absolute atomic E-state index is 0.228. The molecule has 0 atom stereocenters. The molecule has 136 valence electrons. The molecule has 4 aromatic rings. The molecule has 6 nitrogen and oxygen atoms in total. The zero-order valence-electron chi connectivity index (χ0n) is 14.5. The van der Waals surface area contributed by atoms with Crippen molar-refractivity contribution in [2.24, 2.45) is 0 Å². The summed E-state index contributed by atoms with van der Waals surface area (Å²) in [7, 11) is 3.10. The summed E-state index contributed by atoms with van der Waals surface area (Å²) >= 11 is 1.23. The lowest BCUT2D eigenvalue weighted by Gasteiger charge is -2.08. The Morgan fingerprint density at radius 3 is 2.48 bits per heavy atom. The average Bonchev–Trinajstić information content (AvgIpc) is 3.23. The zero-order chi connectivity index (χ0) is 19.0.